The summed E-state index contributed by atoms with van der Waals surface area (Å²) in [5.41, 5.74) is 7.83. The highest BCUT2D eigenvalue weighted by molar-refractivity contribution is 5.39. The van der Waals surface area contributed by atoms with Gasteiger partial charge in [-0.25, -0.2) is 0 Å². The van der Waals surface area contributed by atoms with Crippen LogP contribution in [0.2, 0.25) is 0 Å². The van der Waals surface area contributed by atoms with Gasteiger partial charge in [0.05, 0.1) is 0 Å². The number of nitrogens with two attached hydrogens (primary N) is 1. The Morgan fingerprint density at radius 1 is 1.15 bits per heavy atom. The summed E-state index contributed by atoms with van der Waals surface area (Å²) in [6.07, 6.45) is 3.63. The van der Waals surface area contributed by atoms with Gasteiger partial charge in [0.15, 0.2) is 0 Å². The molecule has 0 atom stereocenters. The first kappa shape index (κ1) is 10.1. The summed E-state index contributed by atoms with van der Waals surface area (Å²) in [5.74, 6) is 1.51. The van der Waals surface area contributed by atoms with E-state index < -0.39 is 0 Å². The standard InChI is InChI=1S/C12H18N/c1-10(2)4-3-5-11-6-8-12(13)9-7-11/h6-9H,3-5,13H2,1-2H3. The van der Waals surface area contributed by atoms with E-state index in [9.17, 15) is 0 Å². The van der Waals surface area contributed by atoms with Gasteiger partial charge in [-0.3, -0.25) is 0 Å². The molecule has 0 unspecified atom stereocenters. The molecule has 1 heteroatoms. The first-order valence-electron chi connectivity index (χ1n) is 4.82. The minimum atomic E-state index is 0.849. The van der Waals surface area contributed by atoms with E-state index >= 15 is 0 Å². The summed E-state index contributed by atoms with van der Waals surface area (Å²) in [6, 6.07) is 8.16. The molecule has 0 fully saturated rings. The van der Waals surface area contributed by atoms with Crippen LogP contribution in [0.5, 0.6) is 0 Å². The van der Waals surface area contributed by atoms with E-state index in [1.165, 1.54) is 24.3 Å². The summed E-state index contributed by atoms with van der Waals surface area (Å²) in [7, 11) is 0. The molecule has 2 N–H and O–H groups in total. The van der Waals surface area contributed by atoms with E-state index in [1.807, 2.05) is 12.1 Å². The monoisotopic (exact) mass is 176 g/mol. The lowest BCUT2D eigenvalue weighted by Crippen LogP contribution is -1.90. The molecule has 1 nitrogen and oxygen atoms in total. The third-order valence-corrected chi connectivity index (χ3v) is 2.12. The summed E-state index contributed by atoms with van der Waals surface area (Å²) in [6.45, 7) is 4.37. The number of nitrogen functional groups attached to an aromatic ring is 1. The minimum absolute atomic E-state index is 0.849. The summed E-state index contributed by atoms with van der Waals surface area (Å²) >= 11 is 0. The van der Waals surface area contributed by atoms with Gasteiger partial charge < -0.3 is 5.73 Å². The van der Waals surface area contributed by atoms with Crippen LogP contribution in [0.25, 0.3) is 0 Å². The van der Waals surface area contributed by atoms with Gasteiger partial charge in [-0.1, -0.05) is 26.0 Å². The number of rotatable bonds is 4. The molecule has 0 spiro atoms. The second-order valence-electron chi connectivity index (χ2n) is 3.80. The van der Waals surface area contributed by atoms with Crippen LogP contribution < -0.4 is 5.73 Å². The molecule has 0 aliphatic heterocycles. The SMILES string of the molecule is C[C](C)CCCc1ccc(N)cc1. The van der Waals surface area contributed by atoms with Gasteiger partial charge in [0.1, 0.15) is 0 Å². The zero-order valence-corrected chi connectivity index (χ0v) is 8.51. The smallest absolute Gasteiger partial charge is 0.0314 e. The van der Waals surface area contributed by atoms with Crippen molar-refractivity contribution in [2.24, 2.45) is 0 Å². The lowest BCUT2D eigenvalue weighted by atomic mass is 10.0. The van der Waals surface area contributed by atoms with Crippen molar-refractivity contribution in [3.63, 3.8) is 0 Å². The molecule has 1 aromatic rings. The zero-order valence-electron chi connectivity index (χ0n) is 8.51. The van der Waals surface area contributed by atoms with Gasteiger partial charge in [-0.15, -0.1) is 0 Å². The van der Waals surface area contributed by atoms with E-state index in [4.69, 9.17) is 5.73 Å². The number of hydrogen-bond acceptors (Lipinski definition) is 1. The van der Waals surface area contributed by atoms with Crippen molar-refractivity contribution in [2.45, 2.75) is 33.1 Å². The van der Waals surface area contributed by atoms with E-state index in [0.29, 0.717) is 0 Å². The van der Waals surface area contributed by atoms with Crippen LogP contribution in [0, 0.1) is 5.92 Å². The summed E-state index contributed by atoms with van der Waals surface area (Å²) in [4.78, 5) is 0. The van der Waals surface area contributed by atoms with E-state index in [0.717, 1.165) is 12.1 Å². The molecule has 0 bridgehead atoms. The van der Waals surface area contributed by atoms with Crippen LogP contribution in [-0.4, -0.2) is 0 Å². The van der Waals surface area contributed by atoms with Crippen molar-refractivity contribution in [1.29, 1.82) is 0 Å². The molecule has 1 radical (unpaired) electrons. The quantitative estimate of drug-likeness (QED) is 0.700. The zero-order chi connectivity index (χ0) is 9.68. The third-order valence-electron chi connectivity index (χ3n) is 2.12. The number of aryl methyl sites for hydroxylation is 1. The fourth-order valence-corrected chi connectivity index (χ4v) is 1.33. The second-order valence-corrected chi connectivity index (χ2v) is 3.80. The number of anilines is 1. The van der Waals surface area contributed by atoms with Gasteiger partial charge in [-0.2, -0.15) is 0 Å². The van der Waals surface area contributed by atoms with E-state index in [1.54, 1.807) is 0 Å². The normalized spacial score (nSPS) is 10.7. The largest absolute Gasteiger partial charge is 0.399 e. The molecular formula is C12H18N. The molecule has 1 rings (SSSR count). The van der Waals surface area contributed by atoms with E-state index in [2.05, 4.69) is 26.0 Å². The first-order valence-corrected chi connectivity index (χ1v) is 4.82. The molecule has 0 aliphatic carbocycles. The predicted octanol–water partition coefficient (Wildman–Crippen LogP) is 3.21. The maximum Gasteiger partial charge on any atom is 0.0314 e. The van der Waals surface area contributed by atoms with Crippen LogP contribution in [0.15, 0.2) is 24.3 Å². The third kappa shape index (κ3) is 3.97. The van der Waals surface area contributed by atoms with Crippen molar-refractivity contribution in [3.8, 4) is 0 Å². The Morgan fingerprint density at radius 2 is 1.77 bits per heavy atom. The first-order chi connectivity index (χ1) is 6.18. The van der Waals surface area contributed by atoms with Crippen molar-refractivity contribution < 1.29 is 0 Å². The molecule has 0 aromatic heterocycles. The van der Waals surface area contributed by atoms with Crippen molar-refractivity contribution in [2.75, 3.05) is 5.73 Å². The second kappa shape index (κ2) is 4.90. The molecule has 13 heavy (non-hydrogen) atoms. The average molecular weight is 176 g/mol. The molecule has 1 aromatic carbocycles. The van der Waals surface area contributed by atoms with Crippen LogP contribution in [0.3, 0.4) is 0 Å². The number of hydrogen-bond donors (Lipinski definition) is 1. The highest BCUT2D eigenvalue weighted by Crippen LogP contribution is 2.12. The van der Waals surface area contributed by atoms with Crippen molar-refractivity contribution in [1.82, 2.24) is 0 Å². The number of benzene rings is 1. The van der Waals surface area contributed by atoms with Crippen LogP contribution in [0.1, 0.15) is 32.3 Å². The lowest BCUT2D eigenvalue weighted by molar-refractivity contribution is 0.747. The minimum Gasteiger partial charge on any atom is -0.399 e. The highest BCUT2D eigenvalue weighted by atomic mass is 14.5. The molecule has 0 saturated heterocycles. The molecular weight excluding hydrogens is 158 g/mol. The van der Waals surface area contributed by atoms with Crippen LogP contribution in [-0.2, 0) is 6.42 Å². The van der Waals surface area contributed by atoms with E-state index in [-0.39, 0.29) is 0 Å². The fraction of sp³-hybridized carbons (Fsp3) is 0.417. The van der Waals surface area contributed by atoms with Crippen LogP contribution >= 0.6 is 0 Å². The van der Waals surface area contributed by atoms with Crippen LogP contribution in [0.4, 0.5) is 5.69 Å². The van der Waals surface area contributed by atoms with Gasteiger partial charge in [0.25, 0.3) is 0 Å². The fourth-order valence-electron chi connectivity index (χ4n) is 1.33. The Bertz CT molecular complexity index is 236. The average Bonchev–Trinajstić information content (AvgIpc) is 2.08. The van der Waals surface area contributed by atoms with Gasteiger partial charge in [0, 0.05) is 5.69 Å². The molecule has 71 valence electrons. The molecule has 0 saturated carbocycles. The highest BCUT2D eigenvalue weighted by Gasteiger charge is 1.96. The Hall–Kier alpha value is -0.980. The summed E-state index contributed by atoms with van der Waals surface area (Å²) in [5, 5.41) is 0. The Kier molecular flexibility index (Phi) is 3.81. The maximum atomic E-state index is 5.60. The Morgan fingerprint density at radius 3 is 2.31 bits per heavy atom. The lowest BCUT2D eigenvalue weighted by Gasteiger charge is -2.04. The Balaban J connectivity index is 2.33. The maximum absolute atomic E-state index is 5.60. The summed E-state index contributed by atoms with van der Waals surface area (Å²) < 4.78 is 0. The van der Waals surface area contributed by atoms with Crippen molar-refractivity contribution in [3.05, 3.63) is 35.7 Å². The molecule has 0 amide bonds. The topological polar surface area (TPSA) is 26.0 Å². The molecule has 0 heterocycles. The molecule has 0 aliphatic rings. The predicted molar refractivity (Wildman–Crippen MR) is 58.4 cm³/mol. The van der Waals surface area contributed by atoms with Crippen molar-refractivity contribution >= 4 is 5.69 Å². The van der Waals surface area contributed by atoms with Gasteiger partial charge >= 0.3 is 0 Å². The Labute approximate surface area is 81.0 Å². The van der Waals surface area contributed by atoms with Gasteiger partial charge in [-0.05, 0) is 42.9 Å². The van der Waals surface area contributed by atoms with Gasteiger partial charge in [0.2, 0.25) is 0 Å².